The number of nitrogens with one attached hydrogen (secondary N) is 1. The fourth-order valence-electron chi connectivity index (χ4n) is 4.66. The zero-order chi connectivity index (χ0) is 23.3. The van der Waals surface area contributed by atoms with Crippen LogP contribution in [-0.4, -0.2) is 57.4 Å². The summed E-state index contributed by atoms with van der Waals surface area (Å²) in [5.74, 6) is 0.734. The number of benzene rings is 1. The average Bonchev–Trinajstić information content (AvgIpc) is 3.30. The molecule has 12 heteroatoms. The molecule has 2 fully saturated rings. The molecule has 0 bridgehead atoms. The normalized spacial score (nSPS) is 22.6. The Hall–Kier alpha value is -0.820. The third-order valence-electron chi connectivity index (χ3n) is 6.65. The summed E-state index contributed by atoms with van der Waals surface area (Å²) in [6.07, 6.45) is 4.52. The maximum Gasteiger partial charge on any atom is 0.276 e. The van der Waals surface area contributed by atoms with Crippen LogP contribution in [0.1, 0.15) is 32.1 Å². The second kappa shape index (κ2) is 11.7. The molecule has 1 aromatic carbocycles. The van der Waals surface area contributed by atoms with Gasteiger partial charge in [0.2, 0.25) is 0 Å². The second-order valence-electron chi connectivity index (χ2n) is 8.60. The molecule has 1 aromatic heterocycles. The van der Waals surface area contributed by atoms with Gasteiger partial charge in [-0.2, -0.15) is 16.0 Å². The molecular weight excluding hydrogens is 510 g/mol. The first kappa shape index (κ1) is 25.3. The molecule has 5 nitrogen and oxygen atoms in total. The van der Waals surface area contributed by atoms with Gasteiger partial charge in [0.1, 0.15) is 5.82 Å². The molecule has 2 heterocycles. The highest BCUT2D eigenvalue weighted by molar-refractivity contribution is 8.30. The summed E-state index contributed by atoms with van der Waals surface area (Å²) >= 11 is -0.275. The maximum atomic E-state index is 13.0. The Morgan fingerprint density at radius 1 is 1.06 bits per heavy atom. The standard InChI is InChI=1S/C21H27F3N4OS4/c22-31-21(32-23,33-24)20(29)25-16-7-5-15(6-8-16)9-10-27-11-13-28(14-12-27)19-17-3-1-2-4-18(17)30-26-19/h1-4,15-16H,5-14H2,(H,25,29). The minimum Gasteiger partial charge on any atom is -0.353 e. The fraction of sp³-hybridized carbons (Fsp3) is 0.619. The second-order valence-corrected chi connectivity index (χ2v) is 12.5. The number of piperazine rings is 1. The lowest BCUT2D eigenvalue weighted by atomic mass is 9.84. The van der Waals surface area contributed by atoms with Gasteiger partial charge in [-0.05, 0) is 68.2 Å². The van der Waals surface area contributed by atoms with Crippen molar-refractivity contribution in [2.45, 2.75) is 41.6 Å². The van der Waals surface area contributed by atoms with Crippen molar-refractivity contribution in [1.82, 2.24) is 14.6 Å². The van der Waals surface area contributed by atoms with Crippen molar-refractivity contribution in [2.75, 3.05) is 37.6 Å². The van der Waals surface area contributed by atoms with Gasteiger partial charge in [-0.15, -0.1) is 0 Å². The number of anilines is 1. The van der Waals surface area contributed by atoms with Crippen molar-refractivity contribution in [1.29, 1.82) is 0 Å². The molecule has 0 radical (unpaired) electrons. The molecule has 182 valence electrons. The largest absolute Gasteiger partial charge is 0.353 e. The third-order valence-corrected chi connectivity index (χ3v) is 9.77. The molecule has 4 rings (SSSR count). The van der Waals surface area contributed by atoms with Crippen LogP contribution in [0.4, 0.5) is 17.5 Å². The summed E-state index contributed by atoms with van der Waals surface area (Å²) in [6, 6.07) is 8.21. The van der Waals surface area contributed by atoms with Gasteiger partial charge in [-0.25, -0.2) is 0 Å². The van der Waals surface area contributed by atoms with Gasteiger partial charge in [0.05, 0.1) is 41.1 Å². The molecule has 2 aromatic rings. The summed E-state index contributed by atoms with van der Waals surface area (Å²) in [7, 11) is 0. The molecule has 33 heavy (non-hydrogen) atoms. The number of fused-ring (bicyclic) bond motifs is 1. The summed E-state index contributed by atoms with van der Waals surface area (Å²) in [5, 5.41) is 3.86. The van der Waals surface area contributed by atoms with E-state index >= 15 is 0 Å². The van der Waals surface area contributed by atoms with E-state index in [4.69, 9.17) is 0 Å². The first-order valence-corrected chi connectivity index (χ1v) is 14.0. The molecule has 2 aliphatic rings. The highest BCUT2D eigenvalue weighted by atomic mass is 32.3. The molecular formula is C21H27F3N4OS4. The Morgan fingerprint density at radius 3 is 2.39 bits per heavy atom. The van der Waals surface area contributed by atoms with E-state index in [1.165, 1.54) is 10.1 Å². The van der Waals surface area contributed by atoms with Gasteiger partial charge in [0.25, 0.3) is 9.32 Å². The van der Waals surface area contributed by atoms with Gasteiger partial charge in [-0.3, -0.25) is 9.69 Å². The Bertz CT molecular complexity index is 908. The zero-order valence-corrected chi connectivity index (χ0v) is 21.3. The van der Waals surface area contributed by atoms with E-state index in [-0.39, 0.29) is 6.04 Å². The highest BCUT2D eigenvalue weighted by Gasteiger charge is 2.46. The van der Waals surface area contributed by atoms with Gasteiger partial charge < -0.3 is 10.2 Å². The number of halogens is 3. The number of nitrogens with zero attached hydrogens (tertiary/aromatic N) is 3. The van der Waals surface area contributed by atoms with Crippen molar-refractivity contribution in [2.24, 2.45) is 5.92 Å². The van der Waals surface area contributed by atoms with Crippen LogP contribution in [0.25, 0.3) is 10.1 Å². The summed E-state index contributed by atoms with van der Waals surface area (Å²) < 4.78 is 42.3. The fourth-order valence-corrected chi connectivity index (χ4v) is 6.13. The monoisotopic (exact) mass is 536 g/mol. The summed E-state index contributed by atoms with van der Waals surface area (Å²) in [5.41, 5.74) is 0. The Kier molecular flexibility index (Phi) is 8.99. The average molecular weight is 537 g/mol. The first-order valence-electron chi connectivity index (χ1n) is 11.1. The van der Waals surface area contributed by atoms with E-state index in [2.05, 4.69) is 37.7 Å². The topological polar surface area (TPSA) is 48.5 Å². The van der Waals surface area contributed by atoms with E-state index in [1.807, 2.05) is 6.07 Å². The molecule has 1 saturated carbocycles. The number of hydrogen-bond donors (Lipinski definition) is 1. The van der Waals surface area contributed by atoms with Crippen molar-refractivity contribution in [3.63, 3.8) is 0 Å². The first-order chi connectivity index (χ1) is 16.1. The van der Waals surface area contributed by atoms with Crippen LogP contribution in [0.15, 0.2) is 24.3 Å². The van der Waals surface area contributed by atoms with Crippen LogP contribution in [0, 0.1) is 5.92 Å². The lowest BCUT2D eigenvalue weighted by Gasteiger charge is -2.36. The van der Waals surface area contributed by atoms with E-state index < -0.39 is 45.8 Å². The number of amides is 1. The minimum atomic E-state index is -2.41. The van der Waals surface area contributed by atoms with E-state index in [9.17, 15) is 16.5 Å². The lowest BCUT2D eigenvalue weighted by Crippen LogP contribution is -2.47. The Balaban J connectivity index is 1.17. The van der Waals surface area contributed by atoms with Crippen molar-refractivity contribution in [3.8, 4) is 0 Å². The molecule has 1 aliphatic carbocycles. The van der Waals surface area contributed by atoms with Gasteiger partial charge in [-0.1, -0.05) is 12.1 Å². The van der Waals surface area contributed by atoms with Crippen LogP contribution in [0.3, 0.4) is 0 Å². The Morgan fingerprint density at radius 2 is 1.73 bits per heavy atom. The predicted octanol–water partition coefficient (Wildman–Crippen LogP) is 5.99. The van der Waals surface area contributed by atoms with E-state index in [0.717, 1.165) is 70.6 Å². The van der Waals surface area contributed by atoms with Gasteiger partial charge in [0, 0.05) is 37.6 Å². The maximum absolute atomic E-state index is 13.0. The van der Waals surface area contributed by atoms with Crippen molar-refractivity contribution in [3.05, 3.63) is 24.3 Å². The molecule has 0 unspecified atom stereocenters. The van der Waals surface area contributed by atoms with Crippen LogP contribution >= 0.6 is 48.0 Å². The van der Waals surface area contributed by atoms with E-state index in [0.29, 0.717) is 5.92 Å². The number of hydrogen-bond acceptors (Lipinski definition) is 8. The van der Waals surface area contributed by atoms with Crippen LogP contribution in [-0.2, 0) is 4.79 Å². The molecule has 1 N–H and O–H groups in total. The Labute approximate surface area is 209 Å². The van der Waals surface area contributed by atoms with Crippen molar-refractivity contribution < 1.29 is 16.5 Å². The van der Waals surface area contributed by atoms with Crippen LogP contribution in [0.5, 0.6) is 0 Å². The molecule has 1 aliphatic heterocycles. The quantitative estimate of drug-likeness (QED) is 0.395. The zero-order valence-electron chi connectivity index (χ0n) is 18.1. The highest BCUT2D eigenvalue weighted by Crippen LogP contribution is 2.49. The number of carbonyl (C=O) groups is 1. The summed E-state index contributed by atoms with van der Waals surface area (Å²) in [4.78, 5) is 17.0. The predicted molar refractivity (Wildman–Crippen MR) is 136 cm³/mol. The molecule has 1 saturated heterocycles. The third kappa shape index (κ3) is 5.88. The van der Waals surface area contributed by atoms with Crippen LogP contribution in [0.2, 0.25) is 0 Å². The number of carbonyl (C=O) groups excluding carboxylic acids is 1. The van der Waals surface area contributed by atoms with Gasteiger partial charge >= 0.3 is 0 Å². The molecule has 0 spiro atoms. The molecule has 1 amide bonds. The lowest BCUT2D eigenvalue weighted by molar-refractivity contribution is -0.120. The molecule has 0 atom stereocenters. The number of rotatable bonds is 9. The summed E-state index contributed by atoms with van der Waals surface area (Å²) in [6.45, 7) is 5.02. The smallest absolute Gasteiger partial charge is 0.276 e. The van der Waals surface area contributed by atoms with Crippen LogP contribution < -0.4 is 10.2 Å². The van der Waals surface area contributed by atoms with Crippen molar-refractivity contribution >= 4 is 69.8 Å². The SMILES string of the molecule is O=C(NC1CCC(CCN2CCN(c3nsc4ccccc34)CC2)CC1)C(SF)(SF)SF. The minimum absolute atomic E-state index is 0.156. The van der Waals surface area contributed by atoms with Gasteiger partial charge in [0.15, 0.2) is 0 Å². The number of aromatic nitrogens is 1. The van der Waals surface area contributed by atoms with E-state index in [1.54, 1.807) is 11.5 Å².